The lowest BCUT2D eigenvalue weighted by atomic mass is 10.2. The number of nitrogens with zero attached hydrogens (tertiary/aromatic N) is 2. The molecule has 2 rings (SSSR count). The van der Waals surface area contributed by atoms with Crippen LogP contribution in [-0.2, 0) is 11.3 Å². The lowest BCUT2D eigenvalue weighted by Gasteiger charge is -2.34. The number of rotatable bonds is 5. The number of amides is 2. The van der Waals surface area contributed by atoms with E-state index in [0.717, 1.165) is 25.4 Å². The fraction of sp³-hybridized carbons (Fsp3) is 0.467. The van der Waals surface area contributed by atoms with Crippen LogP contribution >= 0.6 is 0 Å². The minimum Gasteiger partial charge on any atom is -0.497 e. The van der Waals surface area contributed by atoms with Gasteiger partial charge in [-0.05, 0) is 17.7 Å². The first-order valence-corrected chi connectivity index (χ1v) is 7.18. The number of hydrogen-bond donors (Lipinski definition) is 2. The van der Waals surface area contributed by atoms with Crippen LogP contribution in [0.3, 0.4) is 0 Å². The molecule has 1 saturated heterocycles. The molecule has 22 heavy (non-hydrogen) atoms. The molecule has 1 aliphatic rings. The highest BCUT2D eigenvalue weighted by Crippen LogP contribution is 2.15. The van der Waals surface area contributed by atoms with Gasteiger partial charge in [0, 0.05) is 32.7 Å². The van der Waals surface area contributed by atoms with Gasteiger partial charge in [0.1, 0.15) is 12.3 Å². The third-order valence-corrected chi connectivity index (χ3v) is 3.59. The molecule has 0 bridgehead atoms. The SMILES string of the molecule is COc1cccc(CN2CCN(C(=O)NCC(=O)O)CC2)c1. The fourth-order valence-electron chi connectivity index (χ4n) is 2.40. The monoisotopic (exact) mass is 307 g/mol. The molecule has 1 heterocycles. The minimum atomic E-state index is -1.04. The molecule has 0 radical (unpaired) electrons. The van der Waals surface area contributed by atoms with Gasteiger partial charge < -0.3 is 20.1 Å². The first-order chi connectivity index (χ1) is 10.6. The second kappa shape index (κ2) is 7.65. The van der Waals surface area contributed by atoms with Gasteiger partial charge in [0.25, 0.3) is 0 Å². The molecule has 120 valence electrons. The van der Waals surface area contributed by atoms with Crippen molar-refractivity contribution in [2.45, 2.75) is 6.54 Å². The van der Waals surface area contributed by atoms with Gasteiger partial charge in [0.15, 0.2) is 0 Å². The molecule has 2 amide bonds. The maximum absolute atomic E-state index is 11.8. The van der Waals surface area contributed by atoms with Crippen molar-refractivity contribution in [3.8, 4) is 5.75 Å². The molecule has 1 aromatic rings. The number of ether oxygens (including phenoxy) is 1. The highest BCUT2D eigenvalue weighted by atomic mass is 16.5. The molecule has 1 aromatic carbocycles. The number of aliphatic carboxylic acids is 1. The molecule has 7 heteroatoms. The number of piperazine rings is 1. The summed E-state index contributed by atoms with van der Waals surface area (Å²) < 4.78 is 5.21. The van der Waals surface area contributed by atoms with E-state index in [2.05, 4.69) is 16.3 Å². The standard InChI is InChI=1S/C15H21N3O4/c1-22-13-4-2-3-12(9-13)11-17-5-7-18(8-6-17)15(21)16-10-14(19)20/h2-4,9H,5-8,10-11H2,1H3,(H,16,21)(H,19,20). The summed E-state index contributed by atoms with van der Waals surface area (Å²) in [6, 6.07) is 7.61. The van der Waals surface area contributed by atoms with E-state index >= 15 is 0 Å². The highest BCUT2D eigenvalue weighted by Gasteiger charge is 2.21. The molecular formula is C15H21N3O4. The number of carboxylic acid groups (broad SMARTS) is 1. The quantitative estimate of drug-likeness (QED) is 0.833. The number of nitrogens with one attached hydrogen (secondary N) is 1. The van der Waals surface area contributed by atoms with Crippen molar-refractivity contribution >= 4 is 12.0 Å². The summed E-state index contributed by atoms with van der Waals surface area (Å²) in [5.74, 6) is -0.200. The average molecular weight is 307 g/mol. The van der Waals surface area contributed by atoms with Gasteiger partial charge in [0.2, 0.25) is 0 Å². The lowest BCUT2D eigenvalue weighted by molar-refractivity contribution is -0.135. The minimum absolute atomic E-state index is 0.316. The fourth-order valence-corrected chi connectivity index (χ4v) is 2.40. The Labute approximate surface area is 129 Å². The van der Waals surface area contributed by atoms with Crippen molar-refractivity contribution < 1.29 is 19.4 Å². The summed E-state index contributed by atoms with van der Waals surface area (Å²) in [6.45, 7) is 3.17. The van der Waals surface area contributed by atoms with E-state index in [0.29, 0.717) is 13.1 Å². The molecule has 2 N–H and O–H groups in total. The van der Waals surface area contributed by atoms with Gasteiger partial charge in [-0.25, -0.2) is 4.79 Å². The third kappa shape index (κ3) is 4.63. The van der Waals surface area contributed by atoms with Crippen molar-refractivity contribution in [2.75, 3.05) is 39.8 Å². The maximum Gasteiger partial charge on any atom is 0.323 e. The Bertz CT molecular complexity index is 527. The van der Waals surface area contributed by atoms with Gasteiger partial charge in [-0.15, -0.1) is 0 Å². The van der Waals surface area contributed by atoms with Crippen molar-refractivity contribution in [1.82, 2.24) is 15.1 Å². The van der Waals surface area contributed by atoms with Crippen LogP contribution < -0.4 is 10.1 Å². The van der Waals surface area contributed by atoms with Crippen molar-refractivity contribution in [3.63, 3.8) is 0 Å². The Kier molecular flexibility index (Phi) is 5.60. The topological polar surface area (TPSA) is 82.1 Å². The van der Waals surface area contributed by atoms with Crippen LogP contribution in [0.5, 0.6) is 5.75 Å². The van der Waals surface area contributed by atoms with E-state index in [1.165, 1.54) is 5.56 Å². The Morgan fingerprint density at radius 2 is 2.00 bits per heavy atom. The Morgan fingerprint density at radius 1 is 1.27 bits per heavy atom. The molecular weight excluding hydrogens is 286 g/mol. The smallest absolute Gasteiger partial charge is 0.323 e. The van der Waals surface area contributed by atoms with Gasteiger partial charge >= 0.3 is 12.0 Å². The predicted octanol–water partition coefficient (Wildman–Crippen LogP) is 0.607. The molecule has 0 saturated carbocycles. The van der Waals surface area contributed by atoms with Crippen LogP contribution in [0, 0.1) is 0 Å². The van der Waals surface area contributed by atoms with E-state index in [9.17, 15) is 9.59 Å². The van der Waals surface area contributed by atoms with Crippen LogP contribution in [0.1, 0.15) is 5.56 Å². The number of urea groups is 1. The Morgan fingerprint density at radius 3 is 2.64 bits per heavy atom. The summed E-state index contributed by atoms with van der Waals surface area (Å²) in [5.41, 5.74) is 1.17. The number of benzene rings is 1. The summed E-state index contributed by atoms with van der Waals surface area (Å²) in [4.78, 5) is 26.1. The normalized spacial score (nSPS) is 15.4. The van der Waals surface area contributed by atoms with Crippen LogP contribution in [0.15, 0.2) is 24.3 Å². The zero-order valence-corrected chi connectivity index (χ0v) is 12.6. The van der Waals surface area contributed by atoms with Gasteiger partial charge in [-0.2, -0.15) is 0 Å². The van der Waals surface area contributed by atoms with Crippen LogP contribution in [-0.4, -0.2) is 66.7 Å². The van der Waals surface area contributed by atoms with Crippen LogP contribution in [0.25, 0.3) is 0 Å². The first-order valence-electron chi connectivity index (χ1n) is 7.18. The zero-order chi connectivity index (χ0) is 15.9. The van der Waals surface area contributed by atoms with Crippen molar-refractivity contribution in [3.05, 3.63) is 29.8 Å². The number of hydrogen-bond acceptors (Lipinski definition) is 4. The average Bonchev–Trinajstić information content (AvgIpc) is 2.53. The van der Waals surface area contributed by atoms with Crippen LogP contribution in [0.4, 0.5) is 4.79 Å². The predicted molar refractivity (Wildman–Crippen MR) is 80.9 cm³/mol. The molecule has 0 aromatic heterocycles. The number of carbonyl (C=O) groups is 2. The van der Waals surface area contributed by atoms with Gasteiger partial charge in [-0.3, -0.25) is 9.69 Å². The third-order valence-electron chi connectivity index (χ3n) is 3.59. The summed E-state index contributed by atoms with van der Waals surface area (Å²) in [5, 5.41) is 10.9. The van der Waals surface area contributed by atoms with E-state index < -0.39 is 5.97 Å². The van der Waals surface area contributed by atoms with Crippen molar-refractivity contribution in [2.24, 2.45) is 0 Å². The largest absolute Gasteiger partial charge is 0.497 e. The molecule has 0 spiro atoms. The highest BCUT2D eigenvalue weighted by molar-refractivity contribution is 5.80. The number of methoxy groups -OCH3 is 1. The summed E-state index contributed by atoms with van der Waals surface area (Å²) >= 11 is 0. The van der Waals surface area contributed by atoms with E-state index in [1.54, 1.807) is 12.0 Å². The Balaban J connectivity index is 1.79. The second-order valence-corrected chi connectivity index (χ2v) is 5.17. The van der Waals surface area contributed by atoms with E-state index in [4.69, 9.17) is 9.84 Å². The number of carbonyl (C=O) groups excluding carboxylic acids is 1. The van der Waals surface area contributed by atoms with Gasteiger partial charge in [0.05, 0.1) is 7.11 Å². The number of carboxylic acids is 1. The molecule has 0 unspecified atom stereocenters. The van der Waals surface area contributed by atoms with Crippen molar-refractivity contribution in [1.29, 1.82) is 0 Å². The van der Waals surface area contributed by atoms with Crippen LogP contribution in [0.2, 0.25) is 0 Å². The molecule has 0 atom stereocenters. The molecule has 1 fully saturated rings. The van der Waals surface area contributed by atoms with E-state index in [-0.39, 0.29) is 12.6 Å². The maximum atomic E-state index is 11.8. The second-order valence-electron chi connectivity index (χ2n) is 5.17. The molecule has 7 nitrogen and oxygen atoms in total. The summed E-state index contributed by atoms with van der Waals surface area (Å²) in [7, 11) is 1.65. The summed E-state index contributed by atoms with van der Waals surface area (Å²) in [6.07, 6.45) is 0. The molecule has 1 aliphatic heterocycles. The molecule has 0 aliphatic carbocycles. The zero-order valence-electron chi connectivity index (χ0n) is 12.6. The van der Waals surface area contributed by atoms with E-state index in [1.807, 2.05) is 18.2 Å². The Hall–Kier alpha value is -2.28. The van der Waals surface area contributed by atoms with Gasteiger partial charge in [-0.1, -0.05) is 12.1 Å². The lowest BCUT2D eigenvalue weighted by Crippen LogP contribution is -2.52. The first kappa shape index (κ1) is 16.1.